The van der Waals surface area contributed by atoms with E-state index in [4.69, 9.17) is 16.3 Å². The van der Waals surface area contributed by atoms with E-state index in [2.05, 4.69) is 75.6 Å². The third-order valence-electron chi connectivity index (χ3n) is 5.90. The summed E-state index contributed by atoms with van der Waals surface area (Å²) < 4.78 is 7.74. The Kier molecular flexibility index (Phi) is 5.83. The SMILES string of the molecule is Clc1ccccc1Cn1cc(CNc2ccc(N3CCOCC3)cc2)c2ccccc21. The Morgan fingerprint density at radius 1 is 0.839 bits per heavy atom. The number of morpholine rings is 1. The van der Waals surface area contributed by atoms with E-state index in [1.54, 1.807) is 0 Å². The molecule has 0 unspecified atom stereocenters. The summed E-state index contributed by atoms with van der Waals surface area (Å²) in [6.45, 7) is 5.05. The molecule has 1 N–H and O–H groups in total. The van der Waals surface area contributed by atoms with Crippen molar-refractivity contribution in [2.45, 2.75) is 13.1 Å². The highest BCUT2D eigenvalue weighted by Gasteiger charge is 2.12. The van der Waals surface area contributed by atoms with E-state index in [-0.39, 0.29) is 0 Å². The van der Waals surface area contributed by atoms with Gasteiger partial charge < -0.3 is 19.5 Å². The molecule has 0 radical (unpaired) electrons. The monoisotopic (exact) mass is 431 g/mol. The summed E-state index contributed by atoms with van der Waals surface area (Å²) in [5, 5.41) is 5.67. The van der Waals surface area contributed by atoms with Crippen molar-refractivity contribution < 1.29 is 4.74 Å². The number of hydrogen-bond donors (Lipinski definition) is 1. The van der Waals surface area contributed by atoms with Crippen molar-refractivity contribution in [3.05, 3.63) is 95.1 Å². The van der Waals surface area contributed by atoms with Crippen LogP contribution in [0.5, 0.6) is 0 Å². The van der Waals surface area contributed by atoms with E-state index in [9.17, 15) is 0 Å². The summed E-state index contributed by atoms with van der Waals surface area (Å²) >= 11 is 6.41. The summed E-state index contributed by atoms with van der Waals surface area (Å²) in [4.78, 5) is 2.37. The highest BCUT2D eigenvalue weighted by Crippen LogP contribution is 2.26. The van der Waals surface area contributed by atoms with Gasteiger partial charge in [0, 0.05) is 59.7 Å². The molecule has 2 heterocycles. The van der Waals surface area contributed by atoms with Gasteiger partial charge in [-0.1, -0.05) is 48.0 Å². The Bertz CT molecular complexity index is 1160. The number of para-hydroxylation sites is 1. The molecule has 0 bridgehead atoms. The highest BCUT2D eigenvalue weighted by molar-refractivity contribution is 6.31. The van der Waals surface area contributed by atoms with Crippen LogP contribution in [0.25, 0.3) is 10.9 Å². The van der Waals surface area contributed by atoms with Crippen LogP contribution in [0.15, 0.2) is 79.0 Å². The third-order valence-corrected chi connectivity index (χ3v) is 6.26. The summed E-state index contributed by atoms with van der Waals surface area (Å²) in [7, 11) is 0. The van der Waals surface area contributed by atoms with E-state index in [1.165, 1.54) is 22.2 Å². The van der Waals surface area contributed by atoms with Gasteiger partial charge in [-0.3, -0.25) is 0 Å². The van der Waals surface area contributed by atoms with E-state index < -0.39 is 0 Å². The molecular weight excluding hydrogens is 406 g/mol. The number of ether oxygens (including phenoxy) is 1. The number of anilines is 2. The second kappa shape index (κ2) is 9.04. The first kappa shape index (κ1) is 20.0. The van der Waals surface area contributed by atoms with Gasteiger partial charge in [0.25, 0.3) is 0 Å². The maximum atomic E-state index is 6.41. The Labute approximate surface area is 188 Å². The maximum Gasteiger partial charge on any atom is 0.0642 e. The second-order valence-electron chi connectivity index (χ2n) is 7.89. The van der Waals surface area contributed by atoms with Gasteiger partial charge in [-0.05, 0) is 47.5 Å². The molecule has 0 amide bonds. The van der Waals surface area contributed by atoms with Gasteiger partial charge in [0.05, 0.1) is 13.2 Å². The number of hydrogen-bond acceptors (Lipinski definition) is 3. The smallest absolute Gasteiger partial charge is 0.0642 e. The molecule has 4 aromatic rings. The molecule has 0 aliphatic carbocycles. The largest absolute Gasteiger partial charge is 0.381 e. The molecule has 0 atom stereocenters. The molecule has 0 saturated carbocycles. The van der Waals surface area contributed by atoms with Gasteiger partial charge >= 0.3 is 0 Å². The molecule has 1 fully saturated rings. The van der Waals surface area contributed by atoms with Crippen molar-refractivity contribution in [1.29, 1.82) is 0 Å². The Balaban J connectivity index is 1.33. The van der Waals surface area contributed by atoms with Crippen molar-refractivity contribution >= 4 is 33.9 Å². The molecule has 158 valence electrons. The van der Waals surface area contributed by atoms with Crippen LogP contribution in [0.2, 0.25) is 5.02 Å². The fraction of sp³-hybridized carbons (Fsp3) is 0.231. The first-order valence-corrected chi connectivity index (χ1v) is 11.1. The molecule has 1 aromatic heterocycles. The summed E-state index contributed by atoms with van der Waals surface area (Å²) in [5.41, 5.74) is 6.01. The molecule has 5 rings (SSSR count). The van der Waals surface area contributed by atoms with Gasteiger partial charge in [-0.2, -0.15) is 0 Å². The zero-order valence-electron chi connectivity index (χ0n) is 17.4. The van der Waals surface area contributed by atoms with Gasteiger partial charge in [-0.15, -0.1) is 0 Å². The predicted molar refractivity (Wildman–Crippen MR) is 129 cm³/mol. The third kappa shape index (κ3) is 4.41. The van der Waals surface area contributed by atoms with Crippen LogP contribution in [-0.2, 0) is 17.8 Å². The first-order valence-electron chi connectivity index (χ1n) is 10.7. The normalized spacial score (nSPS) is 14.2. The van der Waals surface area contributed by atoms with E-state index in [1.807, 2.05) is 18.2 Å². The van der Waals surface area contributed by atoms with Gasteiger partial charge in [0.15, 0.2) is 0 Å². The minimum atomic E-state index is 0.758. The van der Waals surface area contributed by atoms with E-state index in [0.29, 0.717) is 0 Å². The number of halogens is 1. The average molecular weight is 432 g/mol. The molecule has 31 heavy (non-hydrogen) atoms. The molecule has 0 spiro atoms. The summed E-state index contributed by atoms with van der Waals surface area (Å²) in [6.07, 6.45) is 2.24. The number of fused-ring (bicyclic) bond motifs is 1. The minimum Gasteiger partial charge on any atom is -0.381 e. The number of benzene rings is 3. The van der Waals surface area contributed by atoms with Crippen molar-refractivity contribution in [3.8, 4) is 0 Å². The second-order valence-corrected chi connectivity index (χ2v) is 8.30. The van der Waals surface area contributed by atoms with Crippen LogP contribution in [0, 0.1) is 0 Å². The molecule has 5 heteroatoms. The zero-order chi connectivity index (χ0) is 21.0. The van der Waals surface area contributed by atoms with Crippen LogP contribution in [0.3, 0.4) is 0 Å². The fourth-order valence-electron chi connectivity index (χ4n) is 4.21. The van der Waals surface area contributed by atoms with Crippen LogP contribution >= 0.6 is 11.6 Å². The zero-order valence-corrected chi connectivity index (χ0v) is 18.2. The van der Waals surface area contributed by atoms with Crippen molar-refractivity contribution in [3.63, 3.8) is 0 Å². The Hall–Kier alpha value is -2.95. The number of rotatable bonds is 6. The van der Waals surface area contributed by atoms with E-state index in [0.717, 1.165) is 55.7 Å². The number of nitrogens with zero attached hydrogens (tertiary/aromatic N) is 2. The lowest BCUT2D eigenvalue weighted by atomic mass is 10.1. The Morgan fingerprint density at radius 2 is 1.58 bits per heavy atom. The molecule has 4 nitrogen and oxygen atoms in total. The van der Waals surface area contributed by atoms with Gasteiger partial charge in [0.2, 0.25) is 0 Å². The van der Waals surface area contributed by atoms with Gasteiger partial charge in [0.1, 0.15) is 0 Å². The topological polar surface area (TPSA) is 29.4 Å². The molecule has 1 aliphatic heterocycles. The molecule has 1 aliphatic rings. The van der Waals surface area contributed by atoms with Crippen LogP contribution < -0.4 is 10.2 Å². The molecule has 3 aromatic carbocycles. The minimum absolute atomic E-state index is 0.758. The number of aromatic nitrogens is 1. The van der Waals surface area contributed by atoms with E-state index >= 15 is 0 Å². The first-order chi connectivity index (χ1) is 15.3. The van der Waals surface area contributed by atoms with Crippen molar-refractivity contribution in [2.75, 3.05) is 36.5 Å². The van der Waals surface area contributed by atoms with Gasteiger partial charge in [-0.25, -0.2) is 0 Å². The highest BCUT2D eigenvalue weighted by atomic mass is 35.5. The summed E-state index contributed by atoms with van der Waals surface area (Å²) in [5.74, 6) is 0. The van der Waals surface area contributed by atoms with Crippen molar-refractivity contribution in [1.82, 2.24) is 4.57 Å². The van der Waals surface area contributed by atoms with Crippen molar-refractivity contribution in [2.24, 2.45) is 0 Å². The molecule has 1 saturated heterocycles. The van der Waals surface area contributed by atoms with Crippen LogP contribution in [0.4, 0.5) is 11.4 Å². The average Bonchev–Trinajstić information content (AvgIpc) is 3.18. The lowest BCUT2D eigenvalue weighted by molar-refractivity contribution is 0.122. The standard InChI is InChI=1S/C26H26ClN3O/c27-25-7-3-1-5-20(25)18-30-19-21(24-6-2-4-8-26(24)30)17-28-22-9-11-23(12-10-22)29-13-15-31-16-14-29/h1-12,19,28H,13-18H2. The number of nitrogens with one attached hydrogen (secondary N) is 1. The quantitative estimate of drug-likeness (QED) is 0.419. The van der Waals surface area contributed by atoms with Crippen LogP contribution in [-0.4, -0.2) is 30.9 Å². The van der Waals surface area contributed by atoms with Crippen LogP contribution in [0.1, 0.15) is 11.1 Å². The predicted octanol–water partition coefficient (Wildman–Crippen LogP) is 5.79. The lowest BCUT2D eigenvalue weighted by Gasteiger charge is -2.28. The molecular formula is C26H26ClN3O. The lowest BCUT2D eigenvalue weighted by Crippen LogP contribution is -2.36. The summed E-state index contributed by atoms with van der Waals surface area (Å²) in [6, 6.07) is 25.3. The Morgan fingerprint density at radius 3 is 2.39 bits per heavy atom. The maximum absolute atomic E-state index is 6.41. The fourth-order valence-corrected chi connectivity index (χ4v) is 4.41.